The Bertz CT molecular complexity index is 589. The molecule has 1 aromatic rings. The van der Waals surface area contributed by atoms with E-state index in [1.807, 2.05) is 24.3 Å². The van der Waals surface area contributed by atoms with Gasteiger partial charge in [-0.15, -0.1) is 0 Å². The predicted octanol–water partition coefficient (Wildman–Crippen LogP) is 7.49. The summed E-state index contributed by atoms with van der Waals surface area (Å²) in [5.41, 5.74) is 0. The van der Waals surface area contributed by atoms with Gasteiger partial charge in [0.2, 0.25) is 0 Å². The van der Waals surface area contributed by atoms with Crippen molar-refractivity contribution in [3.63, 3.8) is 0 Å². The van der Waals surface area contributed by atoms with Gasteiger partial charge in [0.25, 0.3) is 0 Å². The highest BCUT2D eigenvalue weighted by Crippen LogP contribution is 2.31. The van der Waals surface area contributed by atoms with Crippen LogP contribution in [-0.4, -0.2) is 62.7 Å². The summed E-state index contributed by atoms with van der Waals surface area (Å²) in [6, 6.07) is 8.17. The average Bonchev–Trinajstić information content (AvgIpc) is 2.91. The zero-order chi connectivity index (χ0) is 25.1. The Balaban J connectivity index is 1.93. The van der Waals surface area contributed by atoms with Crippen molar-refractivity contribution in [3.8, 4) is 11.5 Å². The monoisotopic (exact) mass is 490 g/mol. The minimum Gasteiger partial charge on any atom is -0.471 e. The second kappa shape index (κ2) is 18.9. The Kier molecular flexibility index (Phi) is 16.2. The molecule has 5 nitrogen and oxygen atoms in total. The molecule has 0 saturated heterocycles. The Hall–Kier alpha value is -1.30. The van der Waals surface area contributed by atoms with Crippen molar-refractivity contribution in [1.29, 1.82) is 0 Å². The molecule has 2 unspecified atom stereocenters. The summed E-state index contributed by atoms with van der Waals surface area (Å²) in [4.78, 5) is 4.69. The fourth-order valence-corrected chi connectivity index (χ4v) is 4.72. The number of nitrogens with zero attached hydrogens (tertiary/aromatic N) is 2. The summed E-state index contributed by atoms with van der Waals surface area (Å²) in [6.07, 6.45) is 17.4. The van der Waals surface area contributed by atoms with Gasteiger partial charge >= 0.3 is 0 Å². The molecule has 0 amide bonds. The number of rotatable bonds is 16. The Morgan fingerprint density at radius 2 is 1.03 bits per heavy atom. The first-order valence-electron chi connectivity index (χ1n) is 14.6. The highest BCUT2D eigenvalue weighted by Gasteiger charge is 2.23. The summed E-state index contributed by atoms with van der Waals surface area (Å²) >= 11 is 0. The first-order valence-corrected chi connectivity index (χ1v) is 14.6. The van der Waals surface area contributed by atoms with Crippen LogP contribution < -0.4 is 9.47 Å². The van der Waals surface area contributed by atoms with E-state index < -0.39 is 0 Å². The van der Waals surface area contributed by atoms with Crippen molar-refractivity contribution in [2.75, 3.05) is 40.4 Å². The van der Waals surface area contributed by atoms with E-state index in [0.717, 1.165) is 37.4 Å². The van der Waals surface area contributed by atoms with E-state index in [1.54, 1.807) is 0 Å². The number of benzene rings is 1. The molecule has 1 aliphatic rings. The molecule has 5 heteroatoms. The lowest BCUT2D eigenvalue weighted by molar-refractivity contribution is 0.00222. The van der Waals surface area contributed by atoms with Crippen LogP contribution in [0.2, 0.25) is 0 Å². The summed E-state index contributed by atoms with van der Waals surface area (Å²) in [5.74, 6) is 1.68. The van der Waals surface area contributed by atoms with Crippen molar-refractivity contribution in [3.05, 3.63) is 24.3 Å². The summed E-state index contributed by atoms with van der Waals surface area (Å²) in [7, 11) is 4.35. The van der Waals surface area contributed by atoms with Crippen LogP contribution in [0.5, 0.6) is 11.5 Å². The van der Waals surface area contributed by atoms with E-state index in [0.29, 0.717) is 13.2 Å². The third-order valence-corrected chi connectivity index (χ3v) is 7.11. The van der Waals surface area contributed by atoms with E-state index in [-0.39, 0.29) is 12.5 Å². The third-order valence-electron chi connectivity index (χ3n) is 7.11. The van der Waals surface area contributed by atoms with Gasteiger partial charge in [0.15, 0.2) is 24.0 Å². The van der Waals surface area contributed by atoms with Crippen molar-refractivity contribution in [1.82, 2.24) is 9.80 Å². The molecule has 1 aromatic carbocycles. The lowest BCUT2D eigenvalue weighted by atomic mass is 10.1. The molecule has 1 heterocycles. The van der Waals surface area contributed by atoms with Crippen LogP contribution in [0.15, 0.2) is 24.3 Å². The van der Waals surface area contributed by atoms with Gasteiger partial charge in [-0.25, -0.2) is 0 Å². The van der Waals surface area contributed by atoms with Crippen LogP contribution in [0.3, 0.4) is 0 Å². The minimum absolute atomic E-state index is 0.00667. The molecule has 0 spiro atoms. The maximum absolute atomic E-state index is 6.55. The molecular formula is C30H54N2O3. The maximum Gasteiger partial charge on any atom is 0.163 e. The van der Waals surface area contributed by atoms with Gasteiger partial charge in [-0.05, 0) is 39.1 Å². The lowest BCUT2D eigenvalue weighted by Crippen LogP contribution is -2.38. The van der Waals surface area contributed by atoms with Crippen molar-refractivity contribution >= 4 is 0 Å². The standard InChI is InChI=1S/C30H54N2O3/c1-5-7-9-11-13-17-23-31(3)29-21-25-33-26-22-30(32(4)24-18-14-12-10-8-6-2)35-28-20-16-15-19-27(28)34-29/h15-16,19-20,29-30H,5-14,17-18,21-26H2,1-4H3. The Morgan fingerprint density at radius 1 is 0.629 bits per heavy atom. The molecule has 1 aliphatic heterocycles. The van der Waals surface area contributed by atoms with Gasteiger partial charge in [0.05, 0.1) is 13.2 Å². The van der Waals surface area contributed by atoms with Gasteiger partial charge in [-0.3, -0.25) is 9.80 Å². The van der Waals surface area contributed by atoms with Crippen molar-refractivity contribution < 1.29 is 14.2 Å². The van der Waals surface area contributed by atoms with Gasteiger partial charge in [-0.1, -0.05) is 90.2 Å². The lowest BCUT2D eigenvalue weighted by Gasteiger charge is -2.30. The molecule has 0 aromatic heterocycles. The predicted molar refractivity (Wildman–Crippen MR) is 147 cm³/mol. The Labute approximate surface area is 216 Å². The fourth-order valence-electron chi connectivity index (χ4n) is 4.72. The minimum atomic E-state index is -0.00667. The van der Waals surface area contributed by atoms with Gasteiger partial charge in [-0.2, -0.15) is 0 Å². The van der Waals surface area contributed by atoms with Gasteiger partial charge < -0.3 is 14.2 Å². The van der Waals surface area contributed by atoms with Crippen LogP contribution in [-0.2, 0) is 4.74 Å². The molecule has 202 valence electrons. The van der Waals surface area contributed by atoms with Gasteiger partial charge in [0.1, 0.15) is 0 Å². The van der Waals surface area contributed by atoms with Crippen molar-refractivity contribution in [2.24, 2.45) is 0 Å². The van der Waals surface area contributed by atoms with E-state index >= 15 is 0 Å². The highest BCUT2D eigenvalue weighted by atomic mass is 16.6. The average molecular weight is 491 g/mol. The zero-order valence-corrected chi connectivity index (χ0v) is 23.3. The number of ether oxygens (including phenoxy) is 3. The fraction of sp³-hybridized carbons (Fsp3) is 0.800. The molecule has 0 N–H and O–H groups in total. The molecular weight excluding hydrogens is 436 g/mol. The van der Waals surface area contributed by atoms with Crippen LogP contribution in [0.1, 0.15) is 104 Å². The summed E-state index contributed by atoms with van der Waals surface area (Å²) in [6.45, 7) is 8.05. The first-order chi connectivity index (χ1) is 17.2. The zero-order valence-electron chi connectivity index (χ0n) is 23.3. The molecule has 0 aliphatic carbocycles. The number of unbranched alkanes of at least 4 members (excludes halogenated alkanes) is 10. The van der Waals surface area contributed by atoms with Crippen LogP contribution >= 0.6 is 0 Å². The molecule has 35 heavy (non-hydrogen) atoms. The summed E-state index contributed by atoms with van der Waals surface area (Å²) < 4.78 is 19.2. The van der Waals surface area contributed by atoms with Crippen LogP contribution in [0.4, 0.5) is 0 Å². The SMILES string of the molecule is CCCCCCCCN(C)C1CCOCCC(N(C)CCCCCCCC)Oc2ccccc2O1. The molecule has 0 fully saturated rings. The molecule has 2 rings (SSSR count). The molecule has 2 atom stereocenters. The normalized spacial score (nSPS) is 19.1. The second-order valence-corrected chi connectivity index (χ2v) is 10.3. The Morgan fingerprint density at radius 3 is 1.46 bits per heavy atom. The quantitative estimate of drug-likeness (QED) is 0.224. The summed E-state index contributed by atoms with van der Waals surface area (Å²) in [5, 5.41) is 0. The second-order valence-electron chi connectivity index (χ2n) is 10.3. The number of hydrogen-bond donors (Lipinski definition) is 0. The van der Waals surface area contributed by atoms with Crippen LogP contribution in [0.25, 0.3) is 0 Å². The number of hydrogen-bond acceptors (Lipinski definition) is 5. The topological polar surface area (TPSA) is 34.2 Å². The van der Waals surface area contributed by atoms with Gasteiger partial charge in [0, 0.05) is 25.9 Å². The van der Waals surface area contributed by atoms with Crippen LogP contribution in [0, 0.1) is 0 Å². The highest BCUT2D eigenvalue weighted by molar-refractivity contribution is 5.39. The van der Waals surface area contributed by atoms with E-state index in [2.05, 4.69) is 37.7 Å². The molecule has 0 bridgehead atoms. The van der Waals surface area contributed by atoms with E-state index in [9.17, 15) is 0 Å². The molecule has 0 radical (unpaired) electrons. The molecule has 0 saturated carbocycles. The largest absolute Gasteiger partial charge is 0.471 e. The van der Waals surface area contributed by atoms with Crippen molar-refractivity contribution in [2.45, 2.75) is 116 Å². The van der Waals surface area contributed by atoms with E-state index in [1.165, 1.54) is 77.0 Å². The number of para-hydroxylation sites is 2. The number of fused-ring (bicyclic) bond motifs is 1. The first kappa shape index (κ1) is 29.9. The third kappa shape index (κ3) is 12.5. The smallest absolute Gasteiger partial charge is 0.163 e. The maximum atomic E-state index is 6.55. The van der Waals surface area contributed by atoms with E-state index in [4.69, 9.17) is 14.2 Å².